The van der Waals surface area contributed by atoms with Crippen LogP contribution < -0.4 is 0 Å². The van der Waals surface area contributed by atoms with Gasteiger partial charge < -0.3 is 9.47 Å². The Bertz CT molecular complexity index is 501. The predicted octanol–water partition coefficient (Wildman–Crippen LogP) is 4.77. The van der Waals surface area contributed by atoms with Crippen LogP contribution in [0.3, 0.4) is 0 Å². The third kappa shape index (κ3) is 2.71. The number of hydrogen-bond acceptors (Lipinski definition) is 3. The summed E-state index contributed by atoms with van der Waals surface area (Å²) in [6, 6.07) is 2.65. The monoisotopic (exact) mass is 331 g/mol. The van der Waals surface area contributed by atoms with Crippen molar-refractivity contribution in [3.63, 3.8) is 0 Å². The molecule has 0 radical (unpaired) electrons. The van der Waals surface area contributed by atoms with Crippen LogP contribution in [0, 0.1) is 52.3 Å². The maximum absolute atomic E-state index is 9.58. The first-order valence-electron chi connectivity index (χ1n) is 10.2. The molecule has 134 valence electrons. The Labute approximate surface area is 147 Å². The fourth-order valence-electron chi connectivity index (χ4n) is 7.18. The van der Waals surface area contributed by atoms with Gasteiger partial charge in [-0.1, -0.05) is 6.92 Å². The summed E-state index contributed by atoms with van der Waals surface area (Å²) < 4.78 is 11.0. The summed E-state index contributed by atoms with van der Waals surface area (Å²) in [7, 11) is 1.71. The molecule has 4 saturated carbocycles. The largest absolute Gasteiger partial charge is 0.359 e. The summed E-state index contributed by atoms with van der Waals surface area (Å²) in [5.41, 5.74) is 0.321. The van der Waals surface area contributed by atoms with E-state index in [9.17, 15) is 5.26 Å². The standard InChI is InChI=1S/C21H33NO2/c1-21-11-15-4-3-14-9-18(24-13-23-2)7-8-19(14)20(15)10-16(21)5-6-17(21)12-22/h14-20H,3-11,13H2,1-2H3/t14-,15-,16-,17-,18+,19-,20-,21+/m0/s1. The Morgan fingerprint density at radius 2 is 1.83 bits per heavy atom. The lowest BCUT2D eigenvalue weighted by Gasteiger charge is -2.55. The lowest BCUT2D eigenvalue weighted by Crippen LogP contribution is -2.47. The van der Waals surface area contributed by atoms with Crippen LogP contribution in [-0.2, 0) is 9.47 Å². The summed E-state index contributed by atoms with van der Waals surface area (Å²) in [6.45, 7) is 2.89. The van der Waals surface area contributed by atoms with Crippen LogP contribution in [0.2, 0.25) is 0 Å². The van der Waals surface area contributed by atoms with Gasteiger partial charge in [0.25, 0.3) is 0 Å². The van der Waals surface area contributed by atoms with Crippen LogP contribution in [0.4, 0.5) is 0 Å². The minimum absolute atomic E-state index is 0.319. The van der Waals surface area contributed by atoms with Gasteiger partial charge in [-0.2, -0.15) is 5.26 Å². The highest BCUT2D eigenvalue weighted by atomic mass is 16.7. The Hall–Kier alpha value is -0.590. The van der Waals surface area contributed by atoms with E-state index in [0.29, 0.717) is 24.2 Å². The van der Waals surface area contributed by atoms with E-state index in [1.165, 1.54) is 51.4 Å². The third-order valence-corrected chi connectivity index (χ3v) is 8.43. The van der Waals surface area contributed by atoms with Crippen LogP contribution >= 0.6 is 0 Å². The van der Waals surface area contributed by atoms with Crippen molar-refractivity contribution in [1.82, 2.24) is 0 Å². The minimum atomic E-state index is 0.319. The second-order valence-corrected chi connectivity index (χ2v) is 9.34. The average Bonchev–Trinajstić information content (AvgIpc) is 2.92. The van der Waals surface area contributed by atoms with E-state index in [-0.39, 0.29) is 0 Å². The van der Waals surface area contributed by atoms with Crippen LogP contribution in [0.5, 0.6) is 0 Å². The molecule has 0 bridgehead atoms. The van der Waals surface area contributed by atoms with E-state index in [1.807, 2.05) is 0 Å². The molecule has 0 aromatic rings. The van der Waals surface area contributed by atoms with Crippen molar-refractivity contribution in [2.24, 2.45) is 40.9 Å². The van der Waals surface area contributed by atoms with Gasteiger partial charge in [0.2, 0.25) is 0 Å². The molecule has 4 rings (SSSR count). The Morgan fingerprint density at radius 1 is 1.00 bits per heavy atom. The van der Waals surface area contributed by atoms with Crippen LogP contribution in [0.25, 0.3) is 0 Å². The number of nitrogens with zero attached hydrogens (tertiary/aromatic N) is 1. The van der Waals surface area contributed by atoms with Gasteiger partial charge in [-0.25, -0.2) is 0 Å². The smallest absolute Gasteiger partial charge is 0.146 e. The number of rotatable bonds is 3. The number of methoxy groups -OCH3 is 1. The molecule has 0 aromatic carbocycles. The van der Waals surface area contributed by atoms with Gasteiger partial charge in [0.15, 0.2) is 0 Å². The maximum Gasteiger partial charge on any atom is 0.146 e. The van der Waals surface area contributed by atoms with Gasteiger partial charge in [0, 0.05) is 7.11 Å². The number of hydrogen-bond donors (Lipinski definition) is 0. The number of nitriles is 1. The first-order chi connectivity index (χ1) is 11.7. The maximum atomic E-state index is 9.58. The molecule has 3 nitrogen and oxygen atoms in total. The summed E-state index contributed by atoms with van der Waals surface area (Å²) in [4.78, 5) is 0. The summed E-state index contributed by atoms with van der Waals surface area (Å²) in [5, 5.41) is 9.58. The topological polar surface area (TPSA) is 42.2 Å². The van der Waals surface area contributed by atoms with Crippen molar-refractivity contribution in [2.45, 2.75) is 70.8 Å². The van der Waals surface area contributed by atoms with Crippen molar-refractivity contribution in [2.75, 3.05) is 13.9 Å². The molecule has 8 atom stereocenters. The highest BCUT2D eigenvalue weighted by Crippen LogP contribution is 2.63. The Kier molecular flexibility index (Phi) is 4.65. The second kappa shape index (κ2) is 6.61. The molecule has 3 heteroatoms. The summed E-state index contributed by atoms with van der Waals surface area (Å²) in [6.07, 6.45) is 12.2. The lowest BCUT2D eigenvalue weighted by molar-refractivity contribution is -0.116. The molecule has 0 spiro atoms. The number of fused-ring (bicyclic) bond motifs is 4. The lowest BCUT2D eigenvalue weighted by atomic mass is 9.50. The van der Waals surface area contributed by atoms with Crippen LogP contribution in [0.1, 0.15) is 64.7 Å². The van der Waals surface area contributed by atoms with Gasteiger partial charge in [-0.15, -0.1) is 0 Å². The summed E-state index contributed by atoms with van der Waals surface area (Å²) >= 11 is 0. The fraction of sp³-hybridized carbons (Fsp3) is 0.952. The van der Waals surface area contributed by atoms with Crippen molar-refractivity contribution >= 4 is 0 Å². The highest BCUT2D eigenvalue weighted by molar-refractivity contribution is 5.09. The van der Waals surface area contributed by atoms with Crippen LogP contribution in [-0.4, -0.2) is 20.0 Å². The molecule has 0 amide bonds. The Balaban J connectivity index is 1.44. The zero-order valence-corrected chi connectivity index (χ0v) is 15.4. The molecule has 4 aliphatic rings. The molecule has 0 heterocycles. The zero-order chi connectivity index (χ0) is 16.7. The molecular formula is C21H33NO2. The van der Waals surface area contributed by atoms with E-state index in [4.69, 9.17) is 9.47 Å². The van der Waals surface area contributed by atoms with Crippen molar-refractivity contribution < 1.29 is 9.47 Å². The third-order valence-electron chi connectivity index (χ3n) is 8.43. The van der Waals surface area contributed by atoms with Gasteiger partial charge >= 0.3 is 0 Å². The quantitative estimate of drug-likeness (QED) is 0.700. The average molecular weight is 332 g/mol. The predicted molar refractivity (Wildman–Crippen MR) is 93.0 cm³/mol. The SMILES string of the molecule is COCO[C@@H]1CC[C@H]2[C@@H](CC[C@H]3C[C@]4(C)[C@@H](CC[C@H]4C#N)C[C@@H]32)C1. The Morgan fingerprint density at radius 3 is 2.62 bits per heavy atom. The molecule has 4 aliphatic carbocycles. The van der Waals surface area contributed by atoms with Crippen molar-refractivity contribution in [1.29, 1.82) is 5.26 Å². The minimum Gasteiger partial charge on any atom is -0.359 e. The molecule has 0 aliphatic heterocycles. The molecule has 0 unspecified atom stereocenters. The first kappa shape index (κ1) is 16.9. The zero-order valence-electron chi connectivity index (χ0n) is 15.4. The molecule has 0 N–H and O–H groups in total. The molecule has 4 fully saturated rings. The van der Waals surface area contributed by atoms with Crippen LogP contribution in [0.15, 0.2) is 0 Å². The second-order valence-electron chi connectivity index (χ2n) is 9.34. The normalized spacial score (nSPS) is 50.5. The fourth-order valence-corrected chi connectivity index (χ4v) is 7.18. The molecule has 0 aromatic heterocycles. The van der Waals surface area contributed by atoms with E-state index in [2.05, 4.69) is 13.0 Å². The van der Waals surface area contributed by atoms with Gasteiger partial charge in [-0.05, 0) is 92.8 Å². The molecule has 24 heavy (non-hydrogen) atoms. The van der Waals surface area contributed by atoms with Gasteiger partial charge in [0.1, 0.15) is 6.79 Å². The van der Waals surface area contributed by atoms with E-state index in [0.717, 1.165) is 36.0 Å². The van der Waals surface area contributed by atoms with Gasteiger partial charge in [-0.3, -0.25) is 0 Å². The van der Waals surface area contributed by atoms with E-state index < -0.39 is 0 Å². The molecular weight excluding hydrogens is 298 g/mol. The van der Waals surface area contributed by atoms with E-state index in [1.54, 1.807) is 7.11 Å². The van der Waals surface area contributed by atoms with Crippen molar-refractivity contribution in [3.8, 4) is 6.07 Å². The first-order valence-corrected chi connectivity index (χ1v) is 10.2. The summed E-state index contributed by atoms with van der Waals surface area (Å²) in [5.74, 6) is 4.75. The van der Waals surface area contributed by atoms with Gasteiger partial charge in [0.05, 0.1) is 18.1 Å². The highest BCUT2D eigenvalue weighted by Gasteiger charge is 2.55. The number of ether oxygens (including phenoxy) is 2. The van der Waals surface area contributed by atoms with E-state index >= 15 is 0 Å². The molecule has 0 saturated heterocycles. The van der Waals surface area contributed by atoms with Crippen molar-refractivity contribution in [3.05, 3.63) is 0 Å².